The van der Waals surface area contributed by atoms with Crippen molar-refractivity contribution < 1.29 is 13.5 Å². The SMILES string of the molecule is CCc1nn(C)cc1CNC1CS(=O)(=O)CC1O. The third-order valence-electron chi connectivity index (χ3n) is 3.20. The Hall–Kier alpha value is -0.920. The molecule has 18 heavy (non-hydrogen) atoms. The van der Waals surface area contributed by atoms with E-state index in [4.69, 9.17) is 0 Å². The summed E-state index contributed by atoms with van der Waals surface area (Å²) >= 11 is 0. The van der Waals surface area contributed by atoms with Gasteiger partial charge in [0.1, 0.15) is 0 Å². The summed E-state index contributed by atoms with van der Waals surface area (Å²) in [7, 11) is -1.23. The Bertz CT molecular complexity index is 524. The molecule has 6 nitrogen and oxygen atoms in total. The highest BCUT2D eigenvalue weighted by Crippen LogP contribution is 2.14. The molecule has 1 fully saturated rings. The van der Waals surface area contributed by atoms with Crippen LogP contribution in [0.3, 0.4) is 0 Å². The summed E-state index contributed by atoms with van der Waals surface area (Å²) in [6.45, 7) is 2.56. The number of aromatic nitrogens is 2. The molecule has 0 radical (unpaired) electrons. The number of sulfone groups is 1. The number of nitrogens with one attached hydrogen (secondary N) is 1. The summed E-state index contributed by atoms with van der Waals surface area (Å²) < 4.78 is 24.5. The van der Waals surface area contributed by atoms with Gasteiger partial charge in [0.05, 0.1) is 23.3 Å². The standard InChI is InChI=1S/C11H19N3O3S/c1-3-9-8(5-14(2)13-9)4-12-10-6-18(16,17)7-11(10)15/h5,10-12,15H,3-4,6-7H2,1-2H3. The fourth-order valence-electron chi connectivity index (χ4n) is 2.29. The van der Waals surface area contributed by atoms with Gasteiger partial charge in [-0.3, -0.25) is 4.68 Å². The highest BCUT2D eigenvalue weighted by Gasteiger charge is 2.36. The smallest absolute Gasteiger partial charge is 0.154 e. The van der Waals surface area contributed by atoms with Gasteiger partial charge in [0.25, 0.3) is 0 Å². The Morgan fingerprint density at radius 1 is 1.56 bits per heavy atom. The maximum atomic E-state index is 11.4. The van der Waals surface area contributed by atoms with Crippen LogP contribution in [0.4, 0.5) is 0 Å². The fraction of sp³-hybridized carbons (Fsp3) is 0.727. The van der Waals surface area contributed by atoms with Crippen molar-refractivity contribution in [2.45, 2.75) is 32.0 Å². The molecule has 0 bridgehead atoms. The first-order valence-electron chi connectivity index (χ1n) is 6.04. The lowest BCUT2D eigenvalue weighted by molar-refractivity contribution is 0.165. The van der Waals surface area contributed by atoms with Crippen molar-refractivity contribution >= 4 is 9.84 Å². The molecule has 2 atom stereocenters. The van der Waals surface area contributed by atoms with Crippen molar-refractivity contribution in [3.8, 4) is 0 Å². The second kappa shape index (κ2) is 4.99. The third kappa shape index (κ3) is 2.90. The van der Waals surface area contributed by atoms with Crippen LogP contribution in [0.2, 0.25) is 0 Å². The van der Waals surface area contributed by atoms with E-state index in [1.165, 1.54) is 0 Å². The largest absolute Gasteiger partial charge is 0.390 e. The van der Waals surface area contributed by atoms with E-state index in [9.17, 15) is 13.5 Å². The minimum absolute atomic E-state index is 0.00981. The topological polar surface area (TPSA) is 84.2 Å². The molecule has 2 N–H and O–H groups in total. The number of hydrogen-bond acceptors (Lipinski definition) is 5. The second-order valence-electron chi connectivity index (χ2n) is 4.76. The minimum Gasteiger partial charge on any atom is -0.390 e. The van der Waals surface area contributed by atoms with Crippen LogP contribution in [-0.4, -0.2) is 47.0 Å². The molecule has 1 aromatic rings. The van der Waals surface area contributed by atoms with Crippen molar-refractivity contribution in [3.63, 3.8) is 0 Å². The molecular formula is C11H19N3O3S. The van der Waals surface area contributed by atoms with Crippen LogP contribution in [0.5, 0.6) is 0 Å². The van der Waals surface area contributed by atoms with Crippen LogP contribution in [0, 0.1) is 0 Å². The minimum atomic E-state index is -3.09. The maximum absolute atomic E-state index is 11.4. The number of hydrogen-bond donors (Lipinski definition) is 2. The van der Waals surface area contributed by atoms with Gasteiger partial charge in [0.15, 0.2) is 9.84 Å². The van der Waals surface area contributed by atoms with E-state index in [0.717, 1.165) is 17.7 Å². The van der Waals surface area contributed by atoms with Crippen LogP contribution >= 0.6 is 0 Å². The zero-order valence-electron chi connectivity index (χ0n) is 10.6. The number of nitrogens with zero attached hydrogens (tertiary/aromatic N) is 2. The lowest BCUT2D eigenvalue weighted by Gasteiger charge is -2.14. The molecule has 1 saturated heterocycles. The molecular weight excluding hydrogens is 254 g/mol. The summed E-state index contributed by atoms with van der Waals surface area (Å²) in [5.41, 5.74) is 2.05. The van der Waals surface area contributed by atoms with E-state index in [1.54, 1.807) is 4.68 Å². The van der Waals surface area contributed by atoms with E-state index in [0.29, 0.717) is 6.54 Å². The van der Waals surface area contributed by atoms with E-state index >= 15 is 0 Å². The van der Waals surface area contributed by atoms with Crippen LogP contribution in [0.25, 0.3) is 0 Å². The van der Waals surface area contributed by atoms with Crippen LogP contribution in [0.15, 0.2) is 6.20 Å². The molecule has 0 saturated carbocycles. The Kier molecular flexibility index (Phi) is 3.74. The average Bonchev–Trinajstić information content (AvgIpc) is 2.75. The fourth-order valence-corrected chi connectivity index (χ4v) is 4.07. The molecule has 1 aliphatic rings. The molecule has 2 unspecified atom stereocenters. The van der Waals surface area contributed by atoms with Crippen LogP contribution < -0.4 is 5.32 Å². The zero-order valence-corrected chi connectivity index (χ0v) is 11.4. The summed E-state index contributed by atoms with van der Waals surface area (Å²) in [5, 5.41) is 17.1. The van der Waals surface area contributed by atoms with Crippen molar-refractivity contribution in [1.29, 1.82) is 0 Å². The summed E-state index contributed by atoms with van der Waals surface area (Å²) in [6, 6.07) is -0.375. The second-order valence-corrected chi connectivity index (χ2v) is 6.91. The van der Waals surface area contributed by atoms with Gasteiger partial charge in [0, 0.05) is 31.4 Å². The highest BCUT2D eigenvalue weighted by molar-refractivity contribution is 7.91. The first-order valence-corrected chi connectivity index (χ1v) is 7.86. The van der Waals surface area contributed by atoms with Gasteiger partial charge in [-0.2, -0.15) is 5.10 Å². The van der Waals surface area contributed by atoms with Crippen LogP contribution in [-0.2, 0) is 29.9 Å². The van der Waals surface area contributed by atoms with Gasteiger partial charge in [-0.15, -0.1) is 0 Å². The summed E-state index contributed by atoms with van der Waals surface area (Å²) in [6.07, 6.45) is 1.95. The lowest BCUT2D eigenvalue weighted by Crippen LogP contribution is -2.38. The van der Waals surface area contributed by atoms with E-state index in [2.05, 4.69) is 10.4 Å². The van der Waals surface area contributed by atoms with Gasteiger partial charge < -0.3 is 10.4 Å². The Labute approximate surface area is 107 Å². The summed E-state index contributed by atoms with van der Waals surface area (Å²) in [4.78, 5) is 0. The van der Waals surface area contributed by atoms with Crippen LogP contribution in [0.1, 0.15) is 18.2 Å². The molecule has 102 valence electrons. The number of rotatable bonds is 4. The molecule has 0 aromatic carbocycles. The van der Waals surface area contributed by atoms with Crippen molar-refractivity contribution in [2.75, 3.05) is 11.5 Å². The first-order chi connectivity index (χ1) is 8.41. The van der Waals surface area contributed by atoms with E-state index in [-0.39, 0.29) is 17.5 Å². The number of aliphatic hydroxyl groups is 1. The predicted molar refractivity (Wildman–Crippen MR) is 67.9 cm³/mol. The molecule has 0 spiro atoms. The van der Waals surface area contributed by atoms with E-state index in [1.807, 2.05) is 20.2 Å². The first kappa shape index (κ1) is 13.5. The summed E-state index contributed by atoms with van der Waals surface area (Å²) in [5.74, 6) is -0.131. The molecule has 7 heteroatoms. The zero-order chi connectivity index (χ0) is 13.3. The van der Waals surface area contributed by atoms with Gasteiger partial charge in [-0.25, -0.2) is 8.42 Å². The maximum Gasteiger partial charge on any atom is 0.154 e. The quantitative estimate of drug-likeness (QED) is 0.752. The molecule has 2 rings (SSSR count). The highest BCUT2D eigenvalue weighted by atomic mass is 32.2. The Balaban J connectivity index is 2.00. The van der Waals surface area contributed by atoms with Crippen molar-refractivity contribution in [3.05, 3.63) is 17.5 Å². The molecule has 0 aliphatic carbocycles. The molecule has 1 aromatic heterocycles. The van der Waals surface area contributed by atoms with Gasteiger partial charge in [-0.05, 0) is 6.42 Å². The normalized spacial score (nSPS) is 26.6. The van der Waals surface area contributed by atoms with Gasteiger partial charge >= 0.3 is 0 Å². The molecule has 2 heterocycles. The predicted octanol–water partition coefficient (Wildman–Crippen LogP) is -0.770. The van der Waals surface area contributed by atoms with Crippen molar-refractivity contribution in [2.24, 2.45) is 7.05 Å². The van der Waals surface area contributed by atoms with E-state index < -0.39 is 15.9 Å². The Morgan fingerprint density at radius 2 is 2.28 bits per heavy atom. The average molecular weight is 273 g/mol. The molecule has 0 amide bonds. The van der Waals surface area contributed by atoms with Crippen molar-refractivity contribution in [1.82, 2.24) is 15.1 Å². The molecule has 1 aliphatic heterocycles. The third-order valence-corrected chi connectivity index (χ3v) is 4.92. The Morgan fingerprint density at radius 3 is 2.83 bits per heavy atom. The number of aliphatic hydroxyl groups excluding tert-OH is 1. The lowest BCUT2D eigenvalue weighted by atomic mass is 10.1. The van der Waals surface area contributed by atoms with Gasteiger partial charge in [0.2, 0.25) is 0 Å². The monoisotopic (exact) mass is 273 g/mol. The van der Waals surface area contributed by atoms with Gasteiger partial charge in [-0.1, -0.05) is 6.92 Å². The number of aryl methyl sites for hydroxylation is 2.